The second-order valence-electron chi connectivity index (χ2n) is 6.50. The number of pyridine rings is 1. The maximum Gasteiger partial charge on any atom is 0.255 e. The predicted molar refractivity (Wildman–Crippen MR) is 92.9 cm³/mol. The number of hydrogen-bond acceptors (Lipinski definition) is 4. The highest BCUT2D eigenvalue weighted by atomic mass is 19.2. The molecule has 1 amide bonds. The van der Waals surface area contributed by atoms with Gasteiger partial charge in [0.25, 0.3) is 5.91 Å². The number of benzene rings is 1. The van der Waals surface area contributed by atoms with Crippen molar-refractivity contribution in [3.63, 3.8) is 0 Å². The fraction of sp³-hybridized carbons (Fsp3) is 0.368. The van der Waals surface area contributed by atoms with Gasteiger partial charge < -0.3 is 14.5 Å². The third-order valence-corrected chi connectivity index (χ3v) is 4.77. The lowest BCUT2D eigenvalue weighted by molar-refractivity contribution is 0.0723. The minimum absolute atomic E-state index is 0.0476. The lowest BCUT2D eigenvalue weighted by Gasteiger charge is -2.31. The summed E-state index contributed by atoms with van der Waals surface area (Å²) in [6.45, 7) is 2.36. The molecule has 5 nitrogen and oxygen atoms in total. The molecule has 136 valence electrons. The van der Waals surface area contributed by atoms with Gasteiger partial charge in [-0.1, -0.05) is 0 Å². The minimum atomic E-state index is -0.910. The van der Waals surface area contributed by atoms with Gasteiger partial charge >= 0.3 is 0 Å². The molecule has 0 aliphatic carbocycles. The summed E-state index contributed by atoms with van der Waals surface area (Å²) in [7, 11) is 0. The summed E-state index contributed by atoms with van der Waals surface area (Å²) in [6.07, 6.45) is 4.71. The highest BCUT2D eigenvalue weighted by Crippen LogP contribution is 2.35. The lowest BCUT2D eigenvalue weighted by atomic mass is 10.1. The standard InChI is InChI=1S/C19H19F2N3O2/c20-15-5-4-14(11-16(15)21)24-8-9-26-17-10-13(12-22-18(17)24)19(25)23-6-2-1-3-7-23/h4-5,10-12H,1-3,6-9H2. The zero-order valence-corrected chi connectivity index (χ0v) is 14.3. The Morgan fingerprint density at radius 3 is 2.62 bits per heavy atom. The van der Waals surface area contributed by atoms with Crippen LogP contribution in [0.3, 0.4) is 0 Å². The van der Waals surface area contributed by atoms with Crippen LogP contribution in [0.15, 0.2) is 30.5 Å². The summed E-state index contributed by atoms with van der Waals surface area (Å²) in [6, 6.07) is 5.42. The van der Waals surface area contributed by atoms with Crippen molar-refractivity contribution in [3.05, 3.63) is 47.7 Å². The van der Waals surface area contributed by atoms with Crippen LogP contribution >= 0.6 is 0 Å². The van der Waals surface area contributed by atoms with E-state index in [1.807, 2.05) is 4.90 Å². The molecule has 1 fully saturated rings. The maximum absolute atomic E-state index is 13.6. The van der Waals surface area contributed by atoms with Crippen LogP contribution in [0, 0.1) is 11.6 Å². The van der Waals surface area contributed by atoms with E-state index in [0.29, 0.717) is 36.0 Å². The van der Waals surface area contributed by atoms with Crippen molar-refractivity contribution in [3.8, 4) is 5.75 Å². The van der Waals surface area contributed by atoms with Crippen molar-refractivity contribution in [2.24, 2.45) is 0 Å². The first-order valence-electron chi connectivity index (χ1n) is 8.78. The molecule has 0 radical (unpaired) electrons. The van der Waals surface area contributed by atoms with Gasteiger partial charge in [0.05, 0.1) is 12.1 Å². The fourth-order valence-corrected chi connectivity index (χ4v) is 3.40. The summed E-state index contributed by atoms with van der Waals surface area (Å²) in [4.78, 5) is 20.6. The van der Waals surface area contributed by atoms with Crippen LogP contribution in [0.1, 0.15) is 29.6 Å². The number of aromatic nitrogens is 1. The second kappa shape index (κ2) is 6.90. The number of amides is 1. The number of anilines is 2. The van der Waals surface area contributed by atoms with Gasteiger partial charge in [0.15, 0.2) is 23.2 Å². The second-order valence-corrected chi connectivity index (χ2v) is 6.50. The van der Waals surface area contributed by atoms with Crippen LogP contribution in [0.5, 0.6) is 5.75 Å². The smallest absolute Gasteiger partial charge is 0.255 e. The van der Waals surface area contributed by atoms with Crippen molar-refractivity contribution in [2.75, 3.05) is 31.1 Å². The van der Waals surface area contributed by atoms with E-state index < -0.39 is 11.6 Å². The van der Waals surface area contributed by atoms with Gasteiger partial charge in [-0.05, 0) is 37.5 Å². The van der Waals surface area contributed by atoms with Crippen LogP contribution in [0.2, 0.25) is 0 Å². The number of fused-ring (bicyclic) bond motifs is 1. The molecule has 0 unspecified atom stereocenters. The molecule has 0 bridgehead atoms. The van der Waals surface area contributed by atoms with Gasteiger partial charge in [-0.15, -0.1) is 0 Å². The molecule has 4 rings (SSSR count). The number of rotatable bonds is 2. The lowest BCUT2D eigenvalue weighted by Crippen LogP contribution is -2.36. The van der Waals surface area contributed by atoms with E-state index in [2.05, 4.69) is 4.98 Å². The van der Waals surface area contributed by atoms with E-state index in [-0.39, 0.29) is 5.91 Å². The monoisotopic (exact) mass is 359 g/mol. The Bertz CT molecular complexity index is 838. The number of carbonyl (C=O) groups excluding carboxylic acids is 1. The Labute approximate surface area is 150 Å². The molecule has 3 heterocycles. The molecular weight excluding hydrogens is 340 g/mol. The van der Waals surface area contributed by atoms with E-state index in [1.54, 1.807) is 11.0 Å². The first-order chi connectivity index (χ1) is 12.6. The van der Waals surface area contributed by atoms with Gasteiger partial charge in [0.1, 0.15) is 6.61 Å². The molecule has 0 N–H and O–H groups in total. The summed E-state index contributed by atoms with van der Waals surface area (Å²) in [5.41, 5.74) is 0.980. The Morgan fingerprint density at radius 2 is 1.85 bits per heavy atom. The topological polar surface area (TPSA) is 45.7 Å². The molecule has 1 aromatic carbocycles. The van der Waals surface area contributed by atoms with Crippen molar-refractivity contribution < 1.29 is 18.3 Å². The number of halogens is 2. The van der Waals surface area contributed by atoms with E-state index >= 15 is 0 Å². The van der Waals surface area contributed by atoms with Crippen molar-refractivity contribution in [1.82, 2.24) is 9.88 Å². The Morgan fingerprint density at radius 1 is 1.04 bits per heavy atom. The first-order valence-corrected chi connectivity index (χ1v) is 8.78. The number of carbonyl (C=O) groups is 1. The number of nitrogens with zero attached hydrogens (tertiary/aromatic N) is 3. The third-order valence-electron chi connectivity index (χ3n) is 4.77. The first kappa shape index (κ1) is 16.8. The number of piperidine rings is 1. The van der Waals surface area contributed by atoms with Crippen LogP contribution in [0.4, 0.5) is 20.3 Å². The quantitative estimate of drug-likeness (QED) is 0.823. The molecule has 2 aliphatic rings. The summed E-state index contributed by atoms with van der Waals surface area (Å²) in [5.74, 6) is -0.875. The normalized spacial score (nSPS) is 16.8. The predicted octanol–water partition coefficient (Wildman–Crippen LogP) is 3.52. The summed E-state index contributed by atoms with van der Waals surface area (Å²) in [5, 5.41) is 0. The zero-order chi connectivity index (χ0) is 18.1. The molecule has 7 heteroatoms. The van der Waals surface area contributed by atoms with Crippen molar-refractivity contribution >= 4 is 17.4 Å². The average Bonchev–Trinajstić information content (AvgIpc) is 2.69. The molecule has 1 aromatic heterocycles. The molecule has 0 atom stereocenters. The summed E-state index contributed by atoms with van der Waals surface area (Å²) >= 11 is 0. The van der Waals surface area contributed by atoms with Crippen molar-refractivity contribution in [1.29, 1.82) is 0 Å². The SMILES string of the molecule is O=C(c1cnc2c(c1)OCCN2c1ccc(F)c(F)c1)N1CCCCC1. The fourth-order valence-electron chi connectivity index (χ4n) is 3.40. The minimum Gasteiger partial charge on any atom is -0.488 e. The molecule has 2 aliphatic heterocycles. The van der Waals surface area contributed by atoms with E-state index in [0.717, 1.165) is 44.5 Å². The van der Waals surface area contributed by atoms with Gasteiger partial charge in [-0.25, -0.2) is 13.8 Å². The Balaban J connectivity index is 1.63. The van der Waals surface area contributed by atoms with Crippen LogP contribution in [-0.4, -0.2) is 42.0 Å². The van der Waals surface area contributed by atoms with E-state index in [1.165, 1.54) is 12.3 Å². The van der Waals surface area contributed by atoms with E-state index in [4.69, 9.17) is 4.74 Å². The molecule has 1 saturated heterocycles. The van der Waals surface area contributed by atoms with Gasteiger partial charge in [0, 0.05) is 31.0 Å². The highest BCUT2D eigenvalue weighted by molar-refractivity contribution is 5.95. The van der Waals surface area contributed by atoms with Crippen LogP contribution in [0.25, 0.3) is 0 Å². The number of ether oxygens (including phenoxy) is 1. The molecule has 2 aromatic rings. The largest absolute Gasteiger partial charge is 0.488 e. The summed E-state index contributed by atoms with van der Waals surface area (Å²) < 4.78 is 32.5. The molecule has 26 heavy (non-hydrogen) atoms. The number of hydrogen-bond donors (Lipinski definition) is 0. The van der Waals surface area contributed by atoms with Gasteiger partial charge in [0.2, 0.25) is 0 Å². The molecule has 0 spiro atoms. The third kappa shape index (κ3) is 3.09. The van der Waals surface area contributed by atoms with Crippen LogP contribution < -0.4 is 9.64 Å². The molecule has 0 saturated carbocycles. The highest BCUT2D eigenvalue weighted by Gasteiger charge is 2.25. The van der Waals surface area contributed by atoms with Gasteiger partial charge in [-0.3, -0.25) is 4.79 Å². The van der Waals surface area contributed by atoms with Crippen LogP contribution in [-0.2, 0) is 0 Å². The Kier molecular flexibility index (Phi) is 4.44. The van der Waals surface area contributed by atoms with Gasteiger partial charge in [-0.2, -0.15) is 0 Å². The van der Waals surface area contributed by atoms with Crippen molar-refractivity contribution in [2.45, 2.75) is 19.3 Å². The maximum atomic E-state index is 13.6. The van der Waals surface area contributed by atoms with E-state index in [9.17, 15) is 13.6 Å². The Hall–Kier alpha value is -2.70. The number of likely N-dealkylation sites (tertiary alicyclic amines) is 1. The molecular formula is C19H19F2N3O2. The average molecular weight is 359 g/mol. The zero-order valence-electron chi connectivity index (χ0n) is 14.3.